The van der Waals surface area contributed by atoms with Crippen molar-refractivity contribution in [2.24, 2.45) is 0 Å². The lowest BCUT2D eigenvalue weighted by Gasteiger charge is -2.26. The summed E-state index contributed by atoms with van der Waals surface area (Å²) in [5.74, 6) is 0. The predicted molar refractivity (Wildman–Crippen MR) is 131 cm³/mol. The minimum absolute atomic E-state index is 0.209. The Hall–Kier alpha value is -1.36. The van der Waals surface area contributed by atoms with Crippen molar-refractivity contribution in [3.63, 3.8) is 0 Å². The average molecular weight is 540 g/mol. The molecule has 0 amide bonds. The van der Waals surface area contributed by atoms with Gasteiger partial charge in [0.15, 0.2) is 0 Å². The molecule has 0 aliphatic rings. The molecule has 0 saturated heterocycles. The molecule has 3 unspecified atom stereocenters. The molecule has 3 atom stereocenters. The summed E-state index contributed by atoms with van der Waals surface area (Å²) in [5.41, 5.74) is 0. The maximum absolute atomic E-state index is 13.6. The Bertz CT molecular complexity index is 1040. The van der Waals surface area contributed by atoms with Gasteiger partial charge in [-0.1, -0.05) is 54.6 Å². The number of hydrogen-bond acceptors (Lipinski definition) is 9. The van der Waals surface area contributed by atoms with E-state index in [2.05, 4.69) is 0 Å². The molecule has 0 fully saturated rings. The van der Waals surface area contributed by atoms with E-state index in [0.29, 0.717) is 0 Å². The van der Waals surface area contributed by atoms with Gasteiger partial charge in [0.05, 0.1) is 15.9 Å². The third-order valence-corrected chi connectivity index (χ3v) is 14.2. The van der Waals surface area contributed by atoms with E-state index in [9.17, 15) is 13.7 Å². The first-order valence-corrected chi connectivity index (χ1v) is 16.0. The lowest BCUT2D eigenvalue weighted by Crippen LogP contribution is -2.30. The van der Waals surface area contributed by atoms with Gasteiger partial charge in [-0.2, -0.15) is 0 Å². The molecule has 0 aliphatic carbocycles. The van der Waals surface area contributed by atoms with E-state index >= 15 is 0 Å². The molecule has 0 saturated carbocycles. The van der Waals surface area contributed by atoms with Crippen LogP contribution in [0.1, 0.15) is 0 Å². The molecule has 9 nitrogen and oxygen atoms in total. The highest BCUT2D eigenvalue weighted by Crippen LogP contribution is 2.56. The SMILES string of the molecule is COP(=O)([O][Al]([O]P(=O)(OC)c1ccccc1)[O]P(=O)(OC)c1ccccc1)c1ccccc1. The maximum atomic E-state index is 13.6. The average Bonchev–Trinajstić information content (AvgIpc) is 2.89. The Morgan fingerprint density at radius 1 is 0.471 bits per heavy atom. The number of benzene rings is 3. The molecule has 34 heavy (non-hydrogen) atoms. The van der Waals surface area contributed by atoms with Gasteiger partial charge in [0, 0.05) is 21.3 Å². The highest BCUT2D eigenvalue weighted by atomic mass is 31.2. The molecule has 0 spiro atoms. The van der Waals surface area contributed by atoms with Crippen molar-refractivity contribution in [3.8, 4) is 0 Å². The first kappa shape index (κ1) is 27.2. The van der Waals surface area contributed by atoms with Crippen LogP contribution in [0.3, 0.4) is 0 Å². The normalized spacial score (nSPS) is 16.7. The van der Waals surface area contributed by atoms with Crippen LogP contribution in [-0.2, 0) is 38.0 Å². The van der Waals surface area contributed by atoms with Crippen LogP contribution in [0.4, 0.5) is 0 Å². The molecule has 13 heteroatoms. The fourth-order valence-corrected chi connectivity index (χ4v) is 11.8. The molecule has 0 bridgehead atoms. The Balaban J connectivity index is 2.03. The highest BCUT2D eigenvalue weighted by Gasteiger charge is 2.51. The van der Waals surface area contributed by atoms with Crippen molar-refractivity contribution < 1.29 is 38.0 Å². The maximum Gasteiger partial charge on any atom is 0.927 e. The van der Waals surface area contributed by atoms with E-state index in [-0.39, 0.29) is 15.9 Å². The van der Waals surface area contributed by atoms with Gasteiger partial charge in [-0.05, 0) is 36.4 Å². The zero-order chi connectivity index (χ0) is 24.7. The minimum Gasteiger partial charge on any atom is -0.381 e. The lowest BCUT2D eigenvalue weighted by atomic mass is 10.4. The summed E-state index contributed by atoms with van der Waals surface area (Å²) in [6.45, 7) is 0. The Morgan fingerprint density at radius 3 is 0.912 bits per heavy atom. The van der Waals surface area contributed by atoms with Crippen LogP contribution in [0.25, 0.3) is 0 Å². The summed E-state index contributed by atoms with van der Waals surface area (Å²) in [5, 5.41) is 0.628. The topological polar surface area (TPSA) is 107 Å². The third-order valence-electron chi connectivity index (χ3n) is 4.61. The summed E-state index contributed by atoms with van der Waals surface area (Å²) >= 11 is -3.84. The predicted octanol–water partition coefficient (Wildman–Crippen LogP) is 4.52. The fraction of sp³-hybridized carbons (Fsp3) is 0.143. The van der Waals surface area contributed by atoms with Crippen LogP contribution in [0.2, 0.25) is 0 Å². The Kier molecular flexibility index (Phi) is 9.66. The second-order valence-electron chi connectivity index (χ2n) is 6.65. The van der Waals surface area contributed by atoms with Crippen LogP contribution in [0.15, 0.2) is 91.0 Å². The van der Waals surface area contributed by atoms with Crippen LogP contribution in [-0.4, -0.2) is 36.5 Å². The van der Waals surface area contributed by atoms with E-state index in [0.717, 1.165) is 0 Å². The second kappa shape index (κ2) is 12.1. The van der Waals surface area contributed by atoms with Gasteiger partial charge in [0.2, 0.25) is 0 Å². The molecule has 0 aliphatic heterocycles. The first-order chi connectivity index (χ1) is 16.3. The van der Waals surface area contributed by atoms with E-state index in [1.807, 2.05) is 0 Å². The van der Waals surface area contributed by atoms with Crippen LogP contribution in [0.5, 0.6) is 0 Å². The van der Waals surface area contributed by atoms with Crippen LogP contribution < -0.4 is 15.9 Å². The zero-order valence-electron chi connectivity index (χ0n) is 18.8. The van der Waals surface area contributed by atoms with Crippen LogP contribution in [0, 0.1) is 0 Å². The zero-order valence-corrected chi connectivity index (χ0v) is 22.6. The van der Waals surface area contributed by atoms with Crippen molar-refractivity contribution in [3.05, 3.63) is 91.0 Å². The van der Waals surface area contributed by atoms with Crippen LogP contribution >= 0.6 is 22.8 Å². The summed E-state index contributed by atoms with van der Waals surface area (Å²) in [7, 11) is -8.50. The molecule has 3 aromatic rings. The molecular formula is C21H24AlO9P3. The quantitative estimate of drug-likeness (QED) is 0.242. The summed E-state index contributed by atoms with van der Waals surface area (Å²) in [6.07, 6.45) is 0. The lowest BCUT2D eigenvalue weighted by molar-refractivity contribution is 0.229. The van der Waals surface area contributed by atoms with Crippen molar-refractivity contribution >= 4 is 53.9 Å². The highest BCUT2D eigenvalue weighted by molar-refractivity contribution is 7.66. The minimum atomic E-state index is -4.03. The Labute approximate surface area is 203 Å². The van der Waals surface area contributed by atoms with E-state index in [1.165, 1.54) is 57.7 Å². The van der Waals surface area contributed by atoms with Gasteiger partial charge in [0.25, 0.3) is 0 Å². The first-order valence-electron chi connectivity index (χ1n) is 9.98. The third kappa shape index (κ3) is 6.44. The molecule has 0 radical (unpaired) electrons. The van der Waals surface area contributed by atoms with Gasteiger partial charge in [0.1, 0.15) is 0 Å². The number of rotatable bonds is 12. The fourth-order valence-electron chi connectivity index (χ4n) is 2.86. The van der Waals surface area contributed by atoms with Gasteiger partial charge in [-0.3, -0.25) is 13.7 Å². The van der Waals surface area contributed by atoms with Crippen molar-refractivity contribution in [2.75, 3.05) is 21.3 Å². The Morgan fingerprint density at radius 2 is 0.706 bits per heavy atom. The number of hydrogen-bond donors (Lipinski definition) is 0. The monoisotopic (exact) mass is 540 g/mol. The smallest absolute Gasteiger partial charge is 0.381 e. The van der Waals surface area contributed by atoms with Crippen molar-refractivity contribution in [1.82, 2.24) is 0 Å². The van der Waals surface area contributed by atoms with Gasteiger partial charge >= 0.3 is 37.9 Å². The van der Waals surface area contributed by atoms with E-state index in [4.69, 9.17) is 24.3 Å². The van der Waals surface area contributed by atoms with Gasteiger partial charge < -0.3 is 24.3 Å². The summed E-state index contributed by atoms with van der Waals surface area (Å²) in [6, 6.07) is 24.3. The molecule has 3 aromatic carbocycles. The van der Waals surface area contributed by atoms with Gasteiger partial charge in [-0.25, -0.2) is 0 Å². The molecule has 180 valence electrons. The van der Waals surface area contributed by atoms with E-state index in [1.54, 1.807) is 54.6 Å². The molecule has 0 aromatic heterocycles. The van der Waals surface area contributed by atoms with Crippen molar-refractivity contribution in [2.45, 2.75) is 0 Å². The summed E-state index contributed by atoms with van der Waals surface area (Å²) in [4.78, 5) is 0. The van der Waals surface area contributed by atoms with Crippen molar-refractivity contribution in [1.29, 1.82) is 0 Å². The molecular weight excluding hydrogens is 516 g/mol. The van der Waals surface area contributed by atoms with E-state index < -0.39 is 37.9 Å². The summed E-state index contributed by atoms with van der Waals surface area (Å²) < 4.78 is 73.6. The molecule has 0 N–H and O–H groups in total. The largest absolute Gasteiger partial charge is 0.927 e. The van der Waals surface area contributed by atoms with Gasteiger partial charge in [-0.15, -0.1) is 0 Å². The second-order valence-corrected chi connectivity index (χ2v) is 15.4. The standard InChI is InChI=1S/3C7H9O3P.Al/c3*1-10-11(8,9)7-5-3-2-4-6-7;/h3*2-6H,1H3,(H,8,9);/q;;;+3/p-3. The molecule has 0 heterocycles. The molecule has 3 rings (SSSR count).